The molecule has 0 saturated heterocycles. The highest BCUT2D eigenvalue weighted by Gasteiger charge is 2.36. The van der Waals surface area contributed by atoms with E-state index in [0.29, 0.717) is 9.20 Å². The van der Waals surface area contributed by atoms with Crippen LogP contribution in [0.15, 0.2) is 58.9 Å². The number of allylic oxidation sites excluding steroid dienone is 1. The number of carbonyl (C=O) groups is 1. The summed E-state index contributed by atoms with van der Waals surface area (Å²) in [7, 11) is 0. The summed E-state index contributed by atoms with van der Waals surface area (Å²) in [6, 6.07) is 17.8. The Morgan fingerprint density at radius 2 is 1.69 bits per heavy atom. The van der Waals surface area contributed by atoms with Crippen LogP contribution in [0.5, 0.6) is 0 Å². The molecule has 0 saturated carbocycles. The minimum atomic E-state index is -0.723. The SMILES string of the molecule is CCOC(=O)C1=c2s/c(=C/c3ccc(CC)cc3)c(=O)n2C(N)=C(C#N)[C@H]1c1ccc(CC)cc1. The highest BCUT2D eigenvalue weighted by atomic mass is 32.1. The fourth-order valence-corrected chi connectivity index (χ4v) is 5.40. The lowest BCUT2D eigenvalue weighted by Crippen LogP contribution is -2.40. The Bertz CT molecular complexity index is 1520. The quantitative estimate of drug-likeness (QED) is 0.541. The first-order valence-electron chi connectivity index (χ1n) is 11.7. The summed E-state index contributed by atoms with van der Waals surface area (Å²) < 4.78 is 7.48. The average Bonchev–Trinajstić information content (AvgIpc) is 3.20. The summed E-state index contributed by atoms with van der Waals surface area (Å²) in [5, 5.41) is 10.1. The molecule has 4 rings (SSSR count). The van der Waals surface area contributed by atoms with E-state index in [1.165, 1.54) is 21.5 Å². The van der Waals surface area contributed by atoms with Gasteiger partial charge in [0.2, 0.25) is 0 Å². The van der Waals surface area contributed by atoms with Crippen LogP contribution in [-0.4, -0.2) is 17.1 Å². The largest absolute Gasteiger partial charge is 0.463 e. The van der Waals surface area contributed by atoms with Gasteiger partial charge in [-0.15, -0.1) is 11.3 Å². The van der Waals surface area contributed by atoms with Gasteiger partial charge in [-0.1, -0.05) is 62.4 Å². The Hall–Kier alpha value is -3.89. The Labute approximate surface area is 207 Å². The molecular weight excluding hydrogens is 458 g/mol. The number of rotatable bonds is 6. The van der Waals surface area contributed by atoms with Crippen LogP contribution in [0.25, 0.3) is 17.5 Å². The molecule has 2 heterocycles. The summed E-state index contributed by atoms with van der Waals surface area (Å²) >= 11 is 1.18. The molecule has 0 bridgehead atoms. The zero-order chi connectivity index (χ0) is 25.1. The molecule has 0 radical (unpaired) electrons. The van der Waals surface area contributed by atoms with Crippen LogP contribution in [0.4, 0.5) is 0 Å². The van der Waals surface area contributed by atoms with Crippen molar-refractivity contribution in [2.24, 2.45) is 5.73 Å². The molecule has 0 amide bonds. The molecule has 3 aromatic rings. The van der Waals surface area contributed by atoms with E-state index in [0.717, 1.165) is 29.5 Å². The first-order chi connectivity index (χ1) is 16.9. The number of thiazole rings is 1. The minimum absolute atomic E-state index is 0.0438. The van der Waals surface area contributed by atoms with E-state index in [2.05, 4.69) is 19.9 Å². The van der Waals surface area contributed by atoms with Gasteiger partial charge in [-0.05, 0) is 48.1 Å². The third kappa shape index (κ3) is 4.45. The predicted octanol–water partition coefficient (Wildman–Crippen LogP) is 3.03. The Balaban J connectivity index is 2.03. The molecule has 1 atom stereocenters. The van der Waals surface area contributed by atoms with Gasteiger partial charge >= 0.3 is 5.97 Å². The van der Waals surface area contributed by atoms with Crippen molar-refractivity contribution in [3.63, 3.8) is 0 Å². The number of aryl methyl sites for hydroxylation is 2. The van der Waals surface area contributed by atoms with Crippen LogP contribution in [0.3, 0.4) is 0 Å². The lowest BCUT2D eigenvalue weighted by molar-refractivity contribution is -0.136. The smallest absolute Gasteiger partial charge is 0.338 e. The normalized spacial score (nSPS) is 15.7. The maximum Gasteiger partial charge on any atom is 0.338 e. The van der Waals surface area contributed by atoms with Crippen molar-refractivity contribution in [3.8, 4) is 6.07 Å². The van der Waals surface area contributed by atoms with Crippen molar-refractivity contribution in [3.05, 3.63) is 95.9 Å². The van der Waals surface area contributed by atoms with Crippen molar-refractivity contribution in [1.29, 1.82) is 5.26 Å². The molecule has 178 valence electrons. The highest BCUT2D eigenvalue weighted by Crippen LogP contribution is 2.36. The highest BCUT2D eigenvalue weighted by molar-refractivity contribution is 7.07. The van der Waals surface area contributed by atoms with E-state index in [1.807, 2.05) is 48.5 Å². The minimum Gasteiger partial charge on any atom is -0.463 e. The van der Waals surface area contributed by atoms with Crippen LogP contribution >= 0.6 is 11.3 Å². The maximum atomic E-state index is 13.4. The Kier molecular flexibility index (Phi) is 7.04. The number of hydrogen-bond donors (Lipinski definition) is 1. The van der Waals surface area contributed by atoms with Crippen LogP contribution in [0.1, 0.15) is 48.9 Å². The molecule has 0 unspecified atom stereocenters. The van der Waals surface area contributed by atoms with E-state index >= 15 is 0 Å². The molecule has 7 heteroatoms. The second-order valence-electron chi connectivity index (χ2n) is 8.22. The predicted molar refractivity (Wildman–Crippen MR) is 139 cm³/mol. The van der Waals surface area contributed by atoms with Gasteiger partial charge in [-0.2, -0.15) is 5.26 Å². The van der Waals surface area contributed by atoms with Gasteiger partial charge < -0.3 is 10.5 Å². The molecule has 1 aromatic heterocycles. The standard InChI is InChI=1S/C28H27N3O3S/c1-4-17-7-9-19(10-8-17)15-22-26(32)31-25(30)21(16-29)23(20-13-11-18(5-2)12-14-20)24(27(31)35-22)28(33)34-6-3/h7-15,23H,4-6,30H2,1-3H3/b22-15+/t23-/m1/s1. The Morgan fingerprint density at radius 1 is 1.09 bits per heavy atom. The van der Waals surface area contributed by atoms with Crippen molar-refractivity contribution in [2.45, 2.75) is 39.5 Å². The van der Waals surface area contributed by atoms with Crippen LogP contribution < -0.4 is 20.5 Å². The van der Waals surface area contributed by atoms with Crippen molar-refractivity contribution in [2.75, 3.05) is 6.61 Å². The molecule has 0 aliphatic carbocycles. The molecule has 1 aliphatic rings. The molecule has 6 nitrogen and oxygen atoms in total. The van der Waals surface area contributed by atoms with E-state index in [1.54, 1.807) is 13.0 Å². The van der Waals surface area contributed by atoms with Gasteiger partial charge in [-0.25, -0.2) is 4.79 Å². The lowest BCUT2D eigenvalue weighted by Gasteiger charge is -2.24. The third-order valence-corrected chi connectivity index (χ3v) is 7.28. The Morgan fingerprint density at radius 3 is 2.23 bits per heavy atom. The van der Waals surface area contributed by atoms with E-state index in [-0.39, 0.29) is 29.1 Å². The van der Waals surface area contributed by atoms with E-state index in [9.17, 15) is 14.9 Å². The number of aromatic nitrogens is 1. The first kappa shape index (κ1) is 24.2. The number of nitrogens with zero attached hydrogens (tertiary/aromatic N) is 2. The van der Waals surface area contributed by atoms with Crippen molar-refractivity contribution < 1.29 is 9.53 Å². The van der Waals surface area contributed by atoms with Gasteiger partial charge in [0.1, 0.15) is 10.5 Å². The summed E-state index contributed by atoms with van der Waals surface area (Å²) in [5.41, 5.74) is 10.4. The topological polar surface area (TPSA) is 98.1 Å². The third-order valence-electron chi connectivity index (χ3n) is 6.17. The summed E-state index contributed by atoms with van der Waals surface area (Å²) in [6.07, 6.45) is 3.57. The summed E-state index contributed by atoms with van der Waals surface area (Å²) in [6.45, 7) is 6.04. The van der Waals surface area contributed by atoms with Crippen molar-refractivity contribution >= 4 is 34.8 Å². The monoisotopic (exact) mass is 485 g/mol. The number of hydrogen-bond acceptors (Lipinski definition) is 6. The average molecular weight is 486 g/mol. The zero-order valence-electron chi connectivity index (χ0n) is 20.0. The molecule has 2 N–H and O–H groups in total. The molecule has 0 fully saturated rings. The van der Waals surface area contributed by atoms with Gasteiger partial charge in [0, 0.05) is 0 Å². The number of esters is 1. The number of benzene rings is 2. The fraction of sp³-hybridized carbons (Fsp3) is 0.250. The molecule has 0 spiro atoms. The van der Waals surface area contributed by atoms with Gasteiger partial charge in [0.25, 0.3) is 5.56 Å². The number of carbonyl (C=O) groups excluding carboxylic acids is 1. The molecule has 2 aromatic carbocycles. The van der Waals surface area contributed by atoms with Gasteiger partial charge in [0.05, 0.1) is 34.3 Å². The lowest BCUT2D eigenvalue weighted by atomic mass is 9.83. The van der Waals surface area contributed by atoms with Crippen LogP contribution in [-0.2, 0) is 22.4 Å². The molecule has 35 heavy (non-hydrogen) atoms. The first-order valence-corrected chi connectivity index (χ1v) is 12.5. The summed E-state index contributed by atoms with van der Waals surface area (Å²) in [4.78, 5) is 26.7. The number of ether oxygens (including phenoxy) is 1. The van der Waals surface area contributed by atoms with E-state index in [4.69, 9.17) is 10.5 Å². The van der Waals surface area contributed by atoms with Crippen LogP contribution in [0.2, 0.25) is 0 Å². The fourth-order valence-electron chi connectivity index (χ4n) is 4.23. The van der Waals surface area contributed by atoms with E-state index < -0.39 is 11.9 Å². The summed E-state index contributed by atoms with van der Waals surface area (Å²) in [5.74, 6) is -1.24. The second-order valence-corrected chi connectivity index (χ2v) is 9.26. The van der Waals surface area contributed by atoms with Crippen LogP contribution in [0, 0.1) is 11.3 Å². The number of nitriles is 1. The van der Waals surface area contributed by atoms with Gasteiger partial charge in [0.15, 0.2) is 0 Å². The molecule has 1 aliphatic heterocycles. The maximum absolute atomic E-state index is 13.4. The number of fused-ring (bicyclic) bond motifs is 1. The second kappa shape index (κ2) is 10.2. The zero-order valence-corrected chi connectivity index (χ0v) is 20.8. The van der Waals surface area contributed by atoms with Crippen molar-refractivity contribution in [1.82, 2.24) is 4.57 Å². The van der Waals surface area contributed by atoms with Gasteiger partial charge in [-0.3, -0.25) is 9.36 Å². The molecular formula is C28H27N3O3S. The number of nitrogens with two attached hydrogens (primary N) is 1.